The highest BCUT2D eigenvalue weighted by Gasteiger charge is 2.22. The zero-order valence-corrected chi connectivity index (χ0v) is 11.3. The second-order valence-corrected chi connectivity index (χ2v) is 4.96. The van der Waals surface area contributed by atoms with Gasteiger partial charge in [-0.2, -0.15) is 5.26 Å². The second-order valence-electron chi connectivity index (χ2n) is 4.96. The molecule has 6 nitrogen and oxygen atoms in total. The lowest BCUT2D eigenvalue weighted by Gasteiger charge is -2.26. The highest BCUT2D eigenvalue weighted by atomic mass is 16.3. The summed E-state index contributed by atoms with van der Waals surface area (Å²) in [4.78, 5) is 17.5. The minimum Gasteiger partial charge on any atom is -0.387 e. The molecule has 102 valence electrons. The van der Waals surface area contributed by atoms with Crippen molar-refractivity contribution in [1.29, 1.82) is 5.26 Å². The normalized spacial score (nSPS) is 13.7. The fourth-order valence-electron chi connectivity index (χ4n) is 1.69. The van der Waals surface area contributed by atoms with E-state index < -0.39 is 5.60 Å². The second kappa shape index (κ2) is 6.27. The molecule has 19 heavy (non-hydrogen) atoms. The Morgan fingerprint density at radius 1 is 1.58 bits per heavy atom. The van der Waals surface area contributed by atoms with E-state index >= 15 is 0 Å². The number of hydrogen-bond donors (Lipinski definition) is 2. The third kappa shape index (κ3) is 5.04. The van der Waals surface area contributed by atoms with E-state index in [-0.39, 0.29) is 18.1 Å². The van der Waals surface area contributed by atoms with Crippen molar-refractivity contribution < 1.29 is 9.90 Å². The van der Waals surface area contributed by atoms with Gasteiger partial charge in [-0.1, -0.05) is 0 Å². The van der Waals surface area contributed by atoms with Gasteiger partial charge in [0.15, 0.2) is 0 Å². The minimum absolute atomic E-state index is 0.131. The smallest absolute Gasteiger partial charge is 0.269 e. The fourth-order valence-corrected chi connectivity index (χ4v) is 1.69. The third-order valence-corrected chi connectivity index (χ3v) is 2.41. The Morgan fingerprint density at radius 3 is 2.74 bits per heavy atom. The summed E-state index contributed by atoms with van der Waals surface area (Å²) in [7, 11) is 3.69. The summed E-state index contributed by atoms with van der Waals surface area (Å²) in [5.41, 5.74) is -0.387. The molecule has 0 spiro atoms. The first-order chi connectivity index (χ1) is 8.84. The maximum atomic E-state index is 11.8. The maximum absolute atomic E-state index is 11.8. The molecule has 1 aromatic heterocycles. The summed E-state index contributed by atoms with van der Waals surface area (Å²) >= 11 is 0. The first-order valence-corrected chi connectivity index (χ1v) is 5.85. The van der Waals surface area contributed by atoms with Crippen LogP contribution in [0.15, 0.2) is 18.3 Å². The van der Waals surface area contributed by atoms with Gasteiger partial charge in [0.1, 0.15) is 11.8 Å². The van der Waals surface area contributed by atoms with Gasteiger partial charge in [0.2, 0.25) is 0 Å². The average Bonchev–Trinajstić information content (AvgIpc) is 2.34. The van der Waals surface area contributed by atoms with Crippen LogP contribution in [0.4, 0.5) is 0 Å². The number of pyridine rings is 1. The van der Waals surface area contributed by atoms with Gasteiger partial charge < -0.3 is 15.3 Å². The van der Waals surface area contributed by atoms with E-state index in [2.05, 4.69) is 10.3 Å². The van der Waals surface area contributed by atoms with Gasteiger partial charge in [0.05, 0.1) is 11.2 Å². The number of nitriles is 1. The summed E-state index contributed by atoms with van der Waals surface area (Å²) in [6.45, 7) is 2.22. The standard InChI is InChI=1S/C13H18N4O2/c1-13(19,9-17(2)3)8-16-12(18)11-5-4-10(6-14)7-15-11/h4-5,7,19H,8-9H2,1-3H3,(H,16,18). The maximum Gasteiger partial charge on any atom is 0.269 e. The molecule has 0 aliphatic carbocycles. The molecule has 0 aliphatic heterocycles. The SMILES string of the molecule is CN(C)CC(C)(O)CNC(=O)c1ccc(C#N)cn1. The molecular weight excluding hydrogens is 244 g/mol. The summed E-state index contributed by atoms with van der Waals surface area (Å²) in [5.74, 6) is -0.372. The molecular formula is C13H18N4O2. The van der Waals surface area contributed by atoms with Crippen LogP contribution in [-0.4, -0.2) is 53.7 Å². The molecule has 1 amide bonds. The first-order valence-electron chi connectivity index (χ1n) is 5.85. The van der Waals surface area contributed by atoms with E-state index in [4.69, 9.17) is 5.26 Å². The van der Waals surface area contributed by atoms with Crippen molar-refractivity contribution in [2.45, 2.75) is 12.5 Å². The van der Waals surface area contributed by atoms with Crippen molar-refractivity contribution in [2.24, 2.45) is 0 Å². The molecule has 0 radical (unpaired) electrons. The van der Waals surface area contributed by atoms with Crippen LogP contribution < -0.4 is 5.32 Å². The predicted molar refractivity (Wildman–Crippen MR) is 70.5 cm³/mol. The number of nitrogens with zero attached hydrogens (tertiary/aromatic N) is 3. The third-order valence-electron chi connectivity index (χ3n) is 2.41. The first kappa shape index (κ1) is 15.1. The number of amides is 1. The Kier molecular flexibility index (Phi) is 4.98. The molecule has 0 saturated heterocycles. The number of rotatable bonds is 5. The van der Waals surface area contributed by atoms with E-state index in [0.29, 0.717) is 12.1 Å². The lowest BCUT2D eigenvalue weighted by Crippen LogP contribution is -2.47. The summed E-state index contributed by atoms with van der Waals surface area (Å²) in [6, 6.07) is 4.94. The Morgan fingerprint density at radius 2 is 2.26 bits per heavy atom. The van der Waals surface area contributed by atoms with Crippen LogP contribution in [0.3, 0.4) is 0 Å². The number of aromatic nitrogens is 1. The summed E-state index contributed by atoms with van der Waals surface area (Å²) in [6.07, 6.45) is 1.34. The molecule has 1 atom stereocenters. The van der Waals surface area contributed by atoms with Gasteiger partial charge in [0, 0.05) is 19.3 Å². The van der Waals surface area contributed by atoms with Crippen molar-refractivity contribution in [1.82, 2.24) is 15.2 Å². The van der Waals surface area contributed by atoms with E-state index in [9.17, 15) is 9.90 Å². The molecule has 1 aromatic rings. The molecule has 6 heteroatoms. The number of carbonyl (C=O) groups is 1. The zero-order valence-electron chi connectivity index (χ0n) is 11.3. The number of carbonyl (C=O) groups excluding carboxylic acids is 1. The van der Waals surface area contributed by atoms with E-state index in [0.717, 1.165) is 0 Å². The largest absolute Gasteiger partial charge is 0.387 e. The predicted octanol–water partition coefficient (Wildman–Crippen LogP) is -0.00432. The molecule has 1 heterocycles. The summed E-state index contributed by atoms with van der Waals surface area (Å²) < 4.78 is 0. The van der Waals surface area contributed by atoms with Gasteiger partial charge in [-0.25, -0.2) is 4.98 Å². The molecule has 2 N–H and O–H groups in total. The Labute approximate surface area is 112 Å². The lowest BCUT2D eigenvalue weighted by molar-refractivity contribution is 0.0325. The number of likely N-dealkylation sites (N-methyl/N-ethyl adjacent to an activating group) is 1. The minimum atomic E-state index is -1.01. The van der Waals surface area contributed by atoms with Crippen molar-refractivity contribution >= 4 is 5.91 Å². The average molecular weight is 262 g/mol. The van der Waals surface area contributed by atoms with Gasteiger partial charge in [-0.3, -0.25) is 4.79 Å². The fraction of sp³-hybridized carbons (Fsp3) is 0.462. The van der Waals surface area contributed by atoms with Gasteiger partial charge in [-0.05, 0) is 33.2 Å². The van der Waals surface area contributed by atoms with Gasteiger partial charge in [0.25, 0.3) is 5.91 Å². The van der Waals surface area contributed by atoms with Crippen molar-refractivity contribution in [3.05, 3.63) is 29.6 Å². The molecule has 1 rings (SSSR count). The van der Waals surface area contributed by atoms with Crippen LogP contribution in [-0.2, 0) is 0 Å². The molecule has 1 unspecified atom stereocenters. The number of hydrogen-bond acceptors (Lipinski definition) is 5. The molecule has 0 aromatic carbocycles. The van der Waals surface area contributed by atoms with E-state index in [1.54, 1.807) is 6.92 Å². The topological polar surface area (TPSA) is 89.2 Å². The van der Waals surface area contributed by atoms with Gasteiger partial charge >= 0.3 is 0 Å². The van der Waals surface area contributed by atoms with E-state index in [1.165, 1.54) is 18.3 Å². The highest BCUT2D eigenvalue weighted by Crippen LogP contribution is 2.04. The Balaban J connectivity index is 2.58. The highest BCUT2D eigenvalue weighted by molar-refractivity contribution is 5.92. The molecule has 0 saturated carbocycles. The molecule has 0 bridgehead atoms. The number of aliphatic hydroxyl groups is 1. The van der Waals surface area contributed by atoms with Crippen molar-refractivity contribution in [3.63, 3.8) is 0 Å². The van der Waals surface area contributed by atoms with Crippen LogP contribution in [0.25, 0.3) is 0 Å². The lowest BCUT2D eigenvalue weighted by atomic mass is 10.1. The quantitative estimate of drug-likeness (QED) is 0.779. The Hall–Kier alpha value is -1.97. The van der Waals surface area contributed by atoms with Crippen LogP contribution in [0.2, 0.25) is 0 Å². The van der Waals surface area contributed by atoms with Crippen molar-refractivity contribution in [3.8, 4) is 6.07 Å². The number of nitrogens with one attached hydrogen (secondary N) is 1. The van der Waals surface area contributed by atoms with Gasteiger partial charge in [-0.15, -0.1) is 0 Å². The molecule has 0 aliphatic rings. The van der Waals surface area contributed by atoms with Crippen LogP contribution in [0.1, 0.15) is 23.0 Å². The zero-order chi connectivity index (χ0) is 14.5. The van der Waals surface area contributed by atoms with Crippen LogP contribution in [0.5, 0.6) is 0 Å². The van der Waals surface area contributed by atoms with Crippen molar-refractivity contribution in [2.75, 3.05) is 27.2 Å². The van der Waals surface area contributed by atoms with Crippen LogP contribution >= 0.6 is 0 Å². The van der Waals surface area contributed by atoms with Crippen LogP contribution in [0, 0.1) is 11.3 Å². The Bertz CT molecular complexity index is 474. The molecule has 0 fully saturated rings. The van der Waals surface area contributed by atoms with E-state index in [1.807, 2.05) is 25.1 Å². The monoisotopic (exact) mass is 262 g/mol. The summed E-state index contributed by atoms with van der Waals surface area (Å²) in [5, 5.41) is 21.3.